The van der Waals surface area contributed by atoms with Gasteiger partial charge in [-0.25, -0.2) is 8.78 Å². The van der Waals surface area contributed by atoms with Gasteiger partial charge in [0, 0.05) is 31.6 Å². The normalized spacial score (nSPS) is 10.3. The predicted octanol–water partition coefficient (Wildman–Crippen LogP) is 2.00. The Balaban J connectivity index is 2.40. The third kappa shape index (κ3) is 3.13. The van der Waals surface area contributed by atoms with E-state index in [0.29, 0.717) is 6.61 Å². The first-order valence-electron chi connectivity index (χ1n) is 6.42. The van der Waals surface area contributed by atoms with Gasteiger partial charge >= 0.3 is 0 Å². The van der Waals surface area contributed by atoms with Gasteiger partial charge in [0.15, 0.2) is 11.6 Å². The van der Waals surface area contributed by atoms with E-state index in [0.717, 1.165) is 12.1 Å². The van der Waals surface area contributed by atoms with E-state index in [1.54, 1.807) is 0 Å². The molecule has 1 heterocycles. The molecule has 22 heavy (non-hydrogen) atoms. The molecule has 0 unspecified atom stereocenters. The second-order valence-electron chi connectivity index (χ2n) is 4.41. The number of rotatable bonds is 5. The number of ether oxygens (including phenoxy) is 1. The summed E-state index contributed by atoms with van der Waals surface area (Å²) in [5.74, 6) is -2.51. The monoisotopic (exact) mass is 305 g/mol. The average Bonchev–Trinajstić information content (AvgIpc) is 2.94. The van der Waals surface area contributed by atoms with Crippen LogP contribution in [0.3, 0.4) is 0 Å². The third-order valence-electron chi connectivity index (χ3n) is 2.99. The Kier molecular flexibility index (Phi) is 4.86. The van der Waals surface area contributed by atoms with Crippen LogP contribution in [0.25, 0.3) is 5.69 Å². The second kappa shape index (κ2) is 6.83. The smallest absolute Gasteiger partial charge is 0.269 e. The Morgan fingerprint density at radius 2 is 2.14 bits per heavy atom. The topological polar surface area (TPSA) is 67.0 Å². The molecule has 0 aliphatic rings. The van der Waals surface area contributed by atoms with Gasteiger partial charge in [-0.2, -0.15) is 5.26 Å². The van der Waals surface area contributed by atoms with Crippen molar-refractivity contribution in [2.75, 3.05) is 20.3 Å². The molecule has 1 aromatic carbocycles. The van der Waals surface area contributed by atoms with Gasteiger partial charge < -0.3 is 14.6 Å². The molecule has 114 valence electrons. The zero-order chi connectivity index (χ0) is 16.1. The van der Waals surface area contributed by atoms with E-state index in [2.05, 4.69) is 5.32 Å². The number of aromatic nitrogens is 1. The standard InChI is InChI=1S/C15H13F2N3O2/c1-22-7-5-19-15(21)14-10(9-18)4-6-20(14)11-2-3-12(16)13(17)8-11/h2-4,6,8H,5,7H2,1H3,(H,19,21). The molecule has 0 saturated carbocycles. The van der Waals surface area contributed by atoms with Gasteiger partial charge in [0.25, 0.3) is 5.91 Å². The first-order valence-corrected chi connectivity index (χ1v) is 6.42. The Morgan fingerprint density at radius 3 is 2.77 bits per heavy atom. The molecule has 1 N–H and O–H groups in total. The number of hydrogen-bond donors (Lipinski definition) is 1. The van der Waals surface area contributed by atoms with Crippen molar-refractivity contribution in [3.63, 3.8) is 0 Å². The zero-order valence-electron chi connectivity index (χ0n) is 11.8. The van der Waals surface area contributed by atoms with Crippen LogP contribution in [0.2, 0.25) is 0 Å². The lowest BCUT2D eigenvalue weighted by atomic mass is 10.2. The minimum atomic E-state index is -1.03. The van der Waals surface area contributed by atoms with Crippen LogP contribution < -0.4 is 5.32 Å². The molecule has 0 atom stereocenters. The van der Waals surface area contributed by atoms with Crippen LogP contribution in [-0.2, 0) is 4.74 Å². The fourth-order valence-corrected chi connectivity index (χ4v) is 1.95. The molecular formula is C15H13F2N3O2. The van der Waals surface area contributed by atoms with Crippen molar-refractivity contribution in [2.24, 2.45) is 0 Å². The molecule has 0 saturated heterocycles. The van der Waals surface area contributed by atoms with E-state index in [9.17, 15) is 13.6 Å². The molecule has 0 bridgehead atoms. The lowest BCUT2D eigenvalue weighted by molar-refractivity contribution is 0.0930. The highest BCUT2D eigenvalue weighted by molar-refractivity contribution is 5.95. The van der Waals surface area contributed by atoms with Gasteiger partial charge in [-0.05, 0) is 18.2 Å². The highest BCUT2D eigenvalue weighted by Crippen LogP contribution is 2.19. The van der Waals surface area contributed by atoms with E-state index in [1.165, 1.54) is 30.0 Å². The number of carbonyl (C=O) groups excluding carboxylic acids is 1. The molecule has 0 radical (unpaired) electrons. The number of hydrogen-bond acceptors (Lipinski definition) is 3. The van der Waals surface area contributed by atoms with Crippen molar-refractivity contribution in [2.45, 2.75) is 0 Å². The Morgan fingerprint density at radius 1 is 1.36 bits per heavy atom. The van der Waals surface area contributed by atoms with Crippen molar-refractivity contribution >= 4 is 5.91 Å². The summed E-state index contributed by atoms with van der Waals surface area (Å²) < 4.78 is 32.6. The fourth-order valence-electron chi connectivity index (χ4n) is 1.95. The molecule has 0 aliphatic carbocycles. The number of benzene rings is 1. The zero-order valence-corrected chi connectivity index (χ0v) is 11.8. The van der Waals surface area contributed by atoms with Crippen molar-refractivity contribution < 1.29 is 18.3 Å². The molecule has 0 spiro atoms. The lowest BCUT2D eigenvalue weighted by Gasteiger charge is -2.10. The highest BCUT2D eigenvalue weighted by Gasteiger charge is 2.18. The number of amides is 1. The molecule has 0 fully saturated rings. The molecular weight excluding hydrogens is 292 g/mol. The van der Waals surface area contributed by atoms with Crippen molar-refractivity contribution in [3.8, 4) is 11.8 Å². The summed E-state index contributed by atoms with van der Waals surface area (Å²) >= 11 is 0. The Hall–Kier alpha value is -2.72. The summed E-state index contributed by atoms with van der Waals surface area (Å²) in [5.41, 5.74) is 0.446. The van der Waals surface area contributed by atoms with Crippen LogP contribution >= 0.6 is 0 Å². The SMILES string of the molecule is COCCNC(=O)c1c(C#N)ccn1-c1ccc(F)c(F)c1. The lowest BCUT2D eigenvalue weighted by Crippen LogP contribution is -2.29. The molecule has 5 nitrogen and oxygen atoms in total. The number of nitrogens with zero attached hydrogens (tertiary/aromatic N) is 2. The molecule has 7 heteroatoms. The molecule has 1 amide bonds. The summed E-state index contributed by atoms with van der Waals surface area (Å²) in [6.07, 6.45) is 1.45. The molecule has 2 aromatic rings. The van der Waals surface area contributed by atoms with Crippen LogP contribution in [0.15, 0.2) is 30.5 Å². The molecule has 2 rings (SSSR count). The van der Waals surface area contributed by atoms with Crippen LogP contribution in [-0.4, -0.2) is 30.7 Å². The maximum atomic E-state index is 13.4. The second-order valence-corrected chi connectivity index (χ2v) is 4.41. The highest BCUT2D eigenvalue weighted by atomic mass is 19.2. The summed E-state index contributed by atoms with van der Waals surface area (Å²) in [7, 11) is 1.50. The average molecular weight is 305 g/mol. The number of nitrogens with one attached hydrogen (secondary N) is 1. The van der Waals surface area contributed by atoms with Gasteiger partial charge in [-0.15, -0.1) is 0 Å². The van der Waals surface area contributed by atoms with Crippen molar-refractivity contribution in [1.29, 1.82) is 5.26 Å². The van der Waals surface area contributed by atoms with E-state index < -0.39 is 17.5 Å². The Labute approximate surface area is 125 Å². The molecule has 0 aliphatic heterocycles. The van der Waals surface area contributed by atoms with Gasteiger partial charge in [0.05, 0.1) is 12.2 Å². The fraction of sp³-hybridized carbons (Fsp3) is 0.200. The molecule has 1 aromatic heterocycles. The summed E-state index contributed by atoms with van der Waals surface area (Å²) in [6, 6.07) is 6.59. The number of methoxy groups -OCH3 is 1. The minimum absolute atomic E-state index is 0.0598. The van der Waals surface area contributed by atoms with Gasteiger partial charge in [-0.3, -0.25) is 4.79 Å². The van der Waals surface area contributed by atoms with Crippen LogP contribution in [0.4, 0.5) is 8.78 Å². The van der Waals surface area contributed by atoms with Crippen LogP contribution in [0.5, 0.6) is 0 Å². The van der Waals surface area contributed by atoms with Gasteiger partial charge in [0.2, 0.25) is 0 Å². The van der Waals surface area contributed by atoms with E-state index in [-0.39, 0.29) is 23.5 Å². The van der Waals surface area contributed by atoms with Crippen molar-refractivity contribution in [3.05, 3.63) is 53.4 Å². The van der Waals surface area contributed by atoms with E-state index in [1.807, 2.05) is 6.07 Å². The minimum Gasteiger partial charge on any atom is -0.383 e. The van der Waals surface area contributed by atoms with Crippen molar-refractivity contribution in [1.82, 2.24) is 9.88 Å². The largest absolute Gasteiger partial charge is 0.383 e. The van der Waals surface area contributed by atoms with Crippen LogP contribution in [0.1, 0.15) is 16.1 Å². The maximum absolute atomic E-state index is 13.4. The summed E-state index contributed by atoms with van der Waals surface area (Å²) in [5, 5.41) is 11.7. The van der Waals surface area contributed by atoms with E-state index in [4.69, 9.17) is 10.00 Å². The predicted molar refractivity (Wildman–Crippen MR) is 74.6 cm³/mol. The quantitative estimate of drug-likeness (QED) is 0.859. The third-order valence-corrected chi connectivity index (χ3v) is 2.99. The summed E-state index contributed by atoms with van der Waals surface area (Å²) in [6.45, 7) is 0.586. The first kappa shape index (κ1) is 15.7. The maximum Gasteiger partial charge on any atom is 0.269 e. The van der Waals surface area contributed by atoms with Crippen LogP contribution in [0, 0.1) is 23.0 Å². The van der Waals surface area contributed by atoms with Gasteiger partial charge in [-0.1, -0.05) is 0 Å². The Bertz CT molecular complexity index is 735. The first-order chi connectivity index (χ1) is 10.6. The summed E-state index contributed by atoms with van der Waals surface area (Å²) in [4.78, 5) is 12.2. The number of carbonyl (C=O) groups is 1. The number of nitriles is 1. The van der Waals surface area contributed by atoms with E-state index >= 15 is 0 Å². The number of halogens is 2. The van der Waals surface area contributed by atoms with Gasteiger partial charge in [0.1, 0.15) is 11.8 Å².